The van der Waals surface area contributed by atoms with Crippen LogP contribution in [0.3, 0.4) is 0 Å². The molecule has 5 heteroatoms. The number of thiophene rings is 1. The summed E-state index contributed by atoms with van der Waals surface area (Å²) < 4.78 is 26.4. The van der Waals surface area contributed by atoms with Gasteiger partial charge in [0.25, 0.3) is 10.0 Å². The summed E-state index contributed by atoms with van der Waals surface area (Å²) in [6.45, 7) is 5.19. The van der Waals surface area contributed by atoms with Crippen molar-refractivity contribution in [1.29, 1.82) is 0 Å². The zero-order valence-electron chi connectivity index (χ0n) is 7.10. The van der Waals surface area contributed by atoms with Crippen LogP contribution in [-0.2, 0) is 10.0 Å². The molecule has 0 aromatic carbocycles. The SMILES string of the molecule is C=C/C=N/S(=O)(=O)c1cc(C)cs1. The molecule has 0 radical (unpaired) electrons. The third kappa shape index (κ3) is 2.50. The van der Waals surface area contributed by atoms with Crippen LogP contribution >= 0.6 is 11.3 Å². The Hall–Kier alpha value is -0.940. The molecule has 1 aromatic rings. The van der Waals surface area contributed by atoms with Crippen LogP contribution in [0.5, 0.6) is 0 Å². The Bertz CT molecular complexity index is 429. The highest BCUT2D eigenvalue weighted by Gasteiger charge is 2.12. The number of allylic oxidation sites excluding steroid dienone is 1. The van der Waals surface area contributed by atoms with E-state index in [-0.39, 0.29) is 4.21 Å². The zero-order chi connectivity index (χ0) is 9.90. The molecule has 0 N–H and O–H groups in total. The van der Waals surface area contributed by atoms with Crippen LogP contribution in [0.1, 0.15) is 5.56 Å². The maximum atomic E-state index is 11.4. The molecule has 0 fully saturated rings. The summed E-state index contributed by atoms with van der Waals surface area (Å²) in [5.41, 5.74) is 0.928. The third-order valence-corrected chi connectivity index (χ3v) is 4.05. The van der Waals surface area contributed by atoms with Gasteiger partial charge in [-0.25, -0.2) is 0 Å². The summed E-state index contributed by atoms with van der Waals surface area (Å²) in [6.07, 6.45) is 2.50. The van der Waals surface area contributed by atoms with E-state index in [0.717, 1.165) is 5.56 Å². The van der Waals surface area contributed by atoms with E-state index >= 15 is 0 Å². The molecule has 0 bridgehead atoms. The molecule has 1 rings (SSSR count). The summed E-state index contributed by atoms with van der Waals surface area (Å²) in [7, 11) is -3.48. The molecule has 0 spiro atoms. The van der Waals surface area contributed by atoms with E-state index in [9.17, 15) is 8.42 Å². The van der Waals surface area contributed by atoms with Gasteiger partial charge in [-0.1, -0.05) is 12.7 Å². The highest BCUT2D eigenvalue weighted by Crippen LogP contribution is 2.21. The second-order valence-electron chi connectivity index (χ2n) is 2.41. The topological polar surface area (TPSA) is 46.5 Å². The van der Waals surface area contributed by atoms with Crippen LogP contribution in [-0.4, -0.2) is 14.6 Å². The van der Waals surface area contributed by atoms with Crippen molar-refractivity contribution in [3.63, 3.8) is 0 Å². The molecule has 13 heavy (non-hydrogen) atoms. The monoisotopic (exact) mass is 215 g/mol. The fourth-order valence-electron chi connectivity index (χ4n) is 0.715. The van der Waals surface area contributed by atoms with Crippen LogP contribution in [0, 0.1) is 6.92 Å². The van der Waals surface area contributed by atoms with E-state index in [1.165, 1.54) is 23.6 Å². The molecule has 0 aliphatic heterocycles. The average Bonchev–Trinajstić information content (AvgIpc) is 2.49. The van der Waals surface area contributed by atoms with Crippen LogP contribution in [0.4, 0.5) is 0 Å². The molecular formula is C8H9NO2S2. The van der Waals surface area contributed by atoms with E-state index in [1.54, 1.807) is 11.4 Å². The van der Waals surface area contributed by atoms with Gasteiger partial charge in [0.2, 0.25) is 0 Å². The Balaban J connectivity index is 3.08. The summed E-state index contributed by atoms with van der Waals surface area (Å²) in [5, 5.41) is 1.77. The molecule has 1 aromatic heterocycles. The summed E-state index contributed by atoms with van der Waals surface area (Å²) in [4.78, 5) is 0. The van der Waals surface area contributed by atoms with Crippen LogP contribution in [0.15, 0.2) is 32.7 Å². The third-order valence-electron chi connectivity index (χ3n) is 1.27. The summed E-state index contributed by atoms with van der Waals surface area (Å²) in [5.74, 6) is 0. The Labute approximate surface area is 81.5 Å². The van der Waals surface area contributed by atoms with Crippen molar-refractivity contribution in [3.8, 4) is 0 Å². The van der Waals surface area contributed by atoms with Gasteiger partial charge in [0.1, 0.15) is 4.21 Å². The van der Waals surface area contributed by atoms with Crippen LogP contribution in [0.2, 0.25) is 0 Å². The second kappa shape index (κ2) is 3.85. The number of nitrogens with zero attached hydrogens (tertiary/aromatic N) is 1. The first-order chi connectivity index (χ1) is 6.06. The van der Waals surface area contributed by atoms with Crippen molar-refractivity contribution in [3.05, 3.63) is 29.7 Å². The average molecular weight is 215 g/mol. The predicted octanol–water partition coefficient (Wildman–Crippen LogP) is 2.00. The van der Waals surface area contributed by atoms with Crippen molar-refractivity contribution in [2.75, 3.05) is 0 Å². The highest BCUT2D eigenvalue weighted by molar-refractivity contribution is 7.92. The minimum Gasteiger partial charge on any atom is -0.198 e. The van der Waals surface area contributed by atoms with E-state index < -0.39 is 10.0 Å². The van der Waals surface area contributed by atoms with Crippen molar-refractivity contribution >= 4 is 27.6 Å². The molecule has 3 nitrogen and oxygen atoms in total. The van der Waals surface area contributed by atoms with E-state index in [4.69, 9.17) is 0 Å². The Morgan fingerprint density at radius 1 is 1.62 bits per heavy atom. The van der Waals surface area contributed by atoms with Gasteiger partial charge in [-0.3, -0.25) is 0 Å². The lowest BCUT2D eigenvalue weighted by Crippen LogP contribution is -1.92. The van der Waals surface area contributed by atoms with E-state index in [2.05, 4.69) is 11.0 Å². The molecule has 0 saturated heterocycles. The number of aryl methyl sites for hydroxylation is 1. The van der Waals surface area contributed by atoms with E-state index in [0.29, 0.717) is 0 Å². The molecule has 0 atom stereocenters. The molecule has 1 heterocycles. The van der Waals surface area contributed by atoms with Crippen molar-refractivity contribution in [1.82, 2.24) is 0 Å². The minimum absolute atomic E-state index is 0.267. The number of sulfonamides is 1. The maximum absolute atomic E-state index is 11.4. The molecule has 0 aliphatic rings. The lowest BCUT2D eigenvalue weighted by atomic mass is 10.4. The van der Waals surface area contributed by atoms with Crippen molar-refractivity contribution in [2.45, 2.75) is 11.1 Å². The van der Waals surface area contributed by atoms with Crippen LogP contribution in [0.25, 0.3) is 0 Å². The Kier molecular flexibility index (Phi) is 3.00. The highest BCUT2D eigenvalue weighted by atomic mass is 32.2. The first-order valence-electron chi connectivity index (χ1n) is 3.53. The lowest BCUT2D eigenvalue weighted by Gasteiger charge is -1.90. The first kappa shape index (κ1) is 10.1. The van der Waals surface area contributed by atoms with E-state index in [1.807, 2.05) is 6.92 Å². The van der Waals surface area contributed by atoms with Gasteiger partial charge in [0.05, 0.1) is 0 Å². The van der Waals surface area contributed by atoms with Crippen LogP contribution < -0.4 is 0 Å². The fourth-order valence-corrected chi connectivity index (χ4v) is 2.78. The lowest BCUT2D eigenvalue weighted by molar-refractivity contribution is 0.600. The van der Waals surface area contributed by atoms with Crippen molar-refractivity contribution in [2.24, 2.45) is 4.40 Å². The minimum atomic E-state index is -3.48. The predicted molar refractivity (Wildman–Crippen MR) is 54.9 cm³/mol. The number of hydrogen-bond acceptors (Lipinski definition) is 3. The van der Waals surface area contributed by atoms with Gasteiger partial charge in [0.15, 0.2) is 0 Å². The summed E-state index contributed by atoms with van der Waals surface area (Å²) in [6, 6.07) is 1.60. The zero-order valence-corrected chi connectivity index (χ0v) is 8.73. The van der Waals surface area contributed by atoms with Gasteiger partial charge in [-0.2, -0.15) is 12.8 Å². The maximum Gasteiger partial charge on any atom is 0.291 e. The number of rotatable bonds is 3. The summed E-state index contributed by atoms with van der Waals surface area (Å²) >= 11 is 1.17. The standard InChI is InChI=1S/C8H9NO2S2/c1-3-4-9-13(10,11)8-5-7(2)6-12-8/h3-6H,1H2,2H3/b9-4+. The van der Waals surface area contributed by atoms with Gasteiger partial charge in [0, 0.05) is 6.21 Å². The fraction of sp³-hybridized carbons (Fsp3) is 0.125. The first-order valence-corrected chi connectivity index (χ1v) is 5.85. The largest absolute Gasteiger partial charge is 0.291 e. The molecule has 0 amide bonds. The van der Waals surface area contributed by atoms with Gasteiger partial charge >= 0.3 is 0 Å². The quantitative estimate of drug-likeness (QED) is 0.724. The second-order valence-corrected chi connectivity index (χ2v) is 5.18. The normalized spacial score (nSPS) is 12.1. The Morgan fingerprint density at radius 3 is 2.77 bits per heavy atom. The molecule has 0 saturated carbocycles. The molecule has 0 aliphatic carbocycles. The van der Waals surface area contributed by atoms with Crippen molar-refractivity contribution < 1.29 is 8.42 Å². The molecule has 70 valence electrons. The van der Waals surface area contributed by atoms with Gasteiger partial charge in [-0.15, -0.1) is 11.3 Å². The van der Waals surface area contributed by atoms with Gasteiger partial charge < -0.3 is 0 Å². The number of hydrogen-bond donors (Lipinski definition) is 0. The Morgan fingerprint density at radius 2 is 2.31 bits per heavy atom. The smallest absolute Gasteiger partial charge is 0.198 e. The molecule has 0 unspecified atom stereocenters. The van der Waals surface area contributed by atoms with Gasteiger partial charge in [-0.05, 0) is 23.9 Å². The molecular weight excluding hydrogens is 206 g/mol.